The Morgan fingerprint density at radius 3 is 2.62 bits per heavy atom. The zero-order valence-corrected chi connectivity index (χ0v) is 14.9. The molecule has 0 aliphatic heterocycles. The third-order valence-electron chi connectivity index (χ3n) is 3.73. The van der Waals surface area contributed by atoms with Crippen LogP contribution in [0.15, 0.2) is 61.3 Å². The van der Waals surface area contributed by atoms with Crippen LogP contribution in [0.4, 0.5) is 0 Å². The number of furan rings is 1. The van der Waals surface area contributed by atoms with Gasteiger partial charge >= 0.3 is 0 Å². The van der Waals surface area contributed by atoms with Crippen LogP contribution in [0.25, 0.3) is 22.9 Å². The molecule has 7 nitrogen and oxygen atoms in total. The van der Waals surface area contributed by atoms with E-state index < -0.39 is 0 Å². The first-order valence-electron chi connectivity index (χ1n) is 7.82. The highest BCUT2D eigenvalue weighted by atomic mass is 32.2. The van der Waals surface area contributed by atoms with E-state index in [1.54, 1.807) is 25.7 Å². The molecule has 0 aliphatic rings. The number of nitrogens with zero attached hydrogens (tertiary/aromatic N) is 3. The number of methoxy groups -OCH3 is 1. The summed E-state index contributed by atoms with van der Waals surface area (Å²) in [6, 6.07) is 9.34. The zero-order valence-electron chi connectivity index (χ0n) is 14.1. The Kier molecular flexibility index (Phi) is 4.49. The van der Waals surface area contributed by atoms with E-state index in [1.807, 2.05) is 31.2 Å². The van der Waals surface area contributed by atoms with E-state index in [0.29, 0.717) is 22.8 Å². The maximum Gasteiger partial charge on any atom is 0.277 e. The fourth-order valence-corrected chi connectivity index (χ4v) is 3.00. The van der Waals surface area contributed by atoms with E-state index in [4.69, 9.17) is 18.0 Å². The molecule has 0 atom stereocenters. The van der Waals surface area contributed by atoms with Crippen LogP contribution in [0, 0.1) is 6.92 Å². The second-order valence-electron chi connectivity index (χ2n) is 5.42. The van der Waals surface area contributed by atoms with E-state index in [2.05, 4.69) is 15.2 Å². The number of benzene rings is 1. The van der Waals surface area contributed by atoms with E-state index >= 15 is 0 Å². The van der Waals surface area contributed by atoms with Crippen molar-refractivity contribution in [2.45, 2.75) is 17.9 Å². The lowest BCUT2D eigenvalue weighted by atomic mass is 10.2. The molecule has 132 valence electrons. The molecule has 4 aromatic rings. The summed E-state index contributed by atoms with van der Waals surface area (Å²) in [7, 11) is 1.63. The fourth-order valence-electron chi connectivity index (χ4n) is 2.36. The van der Waals surface area contributed by atoms with Crippen LogP contribution in [-0.4, -0.2) is 22.3 Å². The average Bonchev–Trinajstić information content (AvgIpc) is 3.40. The van der Waals surface area contributed by atoms with Crippen molar-refractivity contribution in [1.29, 1.82) is 0 Å². The molecule has 0 unspecified atom stereocenters. The van der Waals surface area contributed by atoms with Gasteiger partial charge in [0.1, 0.15) is 17.8 Å². The summed E-state index contributed by atoms with van der Waals surface area (Å²) in [5, 5.41) is 8.56. The second-order valence-corrected chi connectivity index (χ2v) is 6.35. The highest BCUT2D eigenvalue weighted by Gasteiger charge is 2.14. The summed E-state index contributed by atoms with van der Waals surface area (Å²) in [6.07, 6.45) is 3.22. The van der Waals surface area contributed by atoms with Crippen LogP contribution in [0.5, 0.6) is 5.75 Å². The molecule has 0 fully saturated rings. The van der Waals surface area contributed by atoms with Crippen LogP contribution < -0.4 is 4.74 Å². The summed E-state index contributed by atoms with van der Waals surface area (Å²) in [6.45, 7) is 1.85. The minimum atomic E-state index is 0.442. The van der Waals surface area contributed by atoms with Crippen LogP contribution >= 0.6 is 11.8 Å². The fraction of sp³-hybridized carbons (Fsp3) is 0.167. The van der Waals surface area contributed by atoms with Gasteiger partial charge in [0.25, 0.3) is 11.1 Å². The molecule has 0 aliphatic carbocycles. The van der Waals surface area contributed by atoms with Crippen molar-refractivity contribution in [3.8, 4) is 28.7 Å². The van der Waals surface area contributed by atoms with Gasteiger partial charge in [-0.1, -0.05) is 11.8 Å². The van der Waals surface area contributed by atoms with Crippen molar-refractivity contribution < 1.29 is 18.0 Å². The second kappa shape index (κ2) is 7.09. The van der Waals surface area contributed by atoms with Crippen molar-refractivity contribution in [1.82, 2.24) is 15.2 Å². The maximum absolute atomic E-state index is 5.66. The SMILES string of the molecule is COc1ccc(-c2nc(CSc3nnc(-c4ccoc4C)o3)co2)cc1. The molecule has 0 radical (unpaired) electrons. The Morgan fingerprint density at radius 1 is 1.04 bits per heavy atom. The van der Waals surface area contributed by atoms with Gasteiger partial charge in [-0.05, 0) is 37.3 Å². The summed E-state index contributed by atoms with van der Waals surface area (Å²) in [5.74, 6) is 3.09. The van der Waals surface area contributed by atoms with E-state index in [0.717, 1.165) is 28.3 Å². The monoisotopic (exact) mass is 369 g/mol. The van der Waals surface area contributed by atoms with Crippen LogP contribution in [0.1, 0.15) is 11.5 Å². The minimum Gasteiger partial charge on any atom is -0.497 e. The molecule has 0 amide bonds. The van der Waals surface area contributed by atoms with Crippen LogP contribution in [0.3, 0.4) is 0 Å². The smallest absolute Gasteiger partial charge is 0.277 e. The van der Waals surface area contributed by atoms with Gasteiger partial charge in [0.15, 0.2) is 0 Å². The lowest BCUT2D eigenvalue weighted by molar-refractivity contribution is 0.415. The Balaban J connectivity index is 1.42. The predicted octanol–water partition coefficient (Wildman–Crippen LogP) is 4.59. The standard InChI is InChI=1S/C18H15N3O4S/c1-11-15(7-8-23-11)17-20-21-18(25-17)26-10-13-9-24-16(19-13)12-3-5-14(22-2)6-4-12/h3-9H,10H2,1-2H3. The highest BCUT2D eigenvalue weighted by Crippen LogP contribution is 2.29. The molecule has 8 heteroatoms. The quantitative estimate of drug-likeness (QED) is 0.456. The van der Waals surface area contributed by atoms with E-state index in [-0.39, 0.29) is 0 Å². The number of aromatic nitrogens is 3. The van der Waals surface area contributed by atoms with Gasteiger partial charge in [-0.25, -0.2) is 4.98 Å². The van der Waals surface area contributed by atoms with Crippen molar-refractivity contribution in [3.05, 3.63) is 54.3 Å². The Labute approximate surface area is 153 Å². The number of thioether (sulfide) groups is 1. The molecular formula is C18H15N3O4S. The molecule has 3 heterocycles. The molecular weight excluding hydrogens is 354 g/mol. The topological polar surface area (TPSA) is 87.3 Å². The normalized spacial score (nSPS) is 11.0. The molecule has 4 rings (SSSR count). The lowest BCUT2D eigenvalue weighted by Crippen LogP contribution is -1.84. The molecule has 0 spiro atoms. The van der Waals surface area contributed by atoms with Gasteiger partial charge in [0.2, 0.25) is 5.89 Å². The highest BCUT2D eigenvalue weighted by molar-refractivity contribution is 7.98. The van der Waals surface area contributed by atoms with Crippen LogP contribution in [-0.2, 0) is 5.75 Å². The maximum atomic E-state index is 5.66. The summed E-state index contributed by atoms with van der Waals surface area (Å²) in [5.41, 5.74) is 2.48. The van der Waals surface area contributed by atoms with Crippen molar-refractivity contribution >= 4 is 11.8 Å². The van der Waals surface area contributed by atoms with Crippen molar-refractivity contribution in [3.63, 3.8) is 0 Å². The predicted molar refractivity (Wildman–Crippen MR) is 94.8 cm³/mol. The summed E-state index contributed by atoms with van der Waals surface area (Å²) in [4.78, 5) is 4.49. The average molecular weight is 369 g/mol. The number of rotatable bonds is 6. The molecule has 1 aromatic carbocycles. The molecule has 3 aromatic heterocycles. The van der Waals surface area contributed by atoms with E-state index in [9.17, 15) is 0 Å². The zero-order chi connectivity index (χ0) is 17.9. The largest absolute Gasteiger partial charge is 0.497 e. The molecule has 0 bridgehead atoms. The molecule has 26 heavy (non-hydrogen) atoms. The van der Waals surface area contributed by atoms with Gasteiger partial charge < -0.3 is 18.0 Å². The first-order valence-corrected chi connectivity index (χ1v) is 8.81. The summed E-state index contributed by atoms with van der Waals surface area (Å²) < 4.78 is 21.6. The first kappa shape index (κ1) is 16.5. The van der Waals surface area contributed by atoms with Gasteiger partial charge in [0.05, 0.1) is 24.6 Å². The summed E-state index contributed by atoms with van der Waals surface area (Å²) >= 11 is 1.40. The first-order chi connectivity index (χ1) is 12.7. The number of aryl methyl sites for hydroxylation is 1. The number of ether oxygens (including phenoxy) is 1. The van der Waals surface area contributed by atoms with Gasteiger partial charge in [-0.15, -0.1) is 10.2 Å². The Hall–Kier alpha value is -3.00. The third kappa shape index (κ3) is 3.36. The van der Waals surface area contributed by atoms with Gasteiger partial charge in [-0.2, -0.15) is 0 Å². The van der Waals surface area contributed by atoms with Gasteiger partial charge in [-0.3, -0.25) is 0 Å². The van der Waals surface area contributed by atoms with Crippen LogP contribution in [0.2, 0.25) is 0 Å². The van der Waals surface area contributed by atoms with Gasteiger partial charge in [0, 0.05) is 11.3 Å². The number of hydrogen-bond donors (Lipinski definition) is 0. The van der Waals surface area contributed by atoms with Crippen molar-refractivity contribution in [2.24, 2.45) is 0 Å². The van der Waals surface area contributed by atoms with E-state index in [1.165, 1.54) is 11.8 Å². The Morgan fingerprint density at radius 2 is 1.88 bits per heavy atom. The Bertz CT molecular complexity index is 1000. The lowest BCUT2D eigenvalue weighted by Gasteiger charge is -1.99. The minimum absolute atomic E-state index is 0.442. The molecule has 0 saturated carbocycles. The van der Waals surface area contributed by atoms with Crippen molar-refractivity contribution in [2.75, 3.05) is 7.11 Å². The molecule has 0 N–H and O–H groups in total. The third-order valence-corrected chi connectivity index (χ3v) is 4.58. The molecule has 0 saturated heterocycles. The number of oxazole rings is 1. The number of hydrogen-bond acceptors (Lipinski definition) is 8.